The second kappa shape index (κ2) is 8.93. The van der Waals surface area contributed by atoms with Crippen molar-refractivity contribution in [2.75, 3.05) is 19.0 Å². The Hall–Kier alpha value is -2.22. The predicted octanol–water partition coefficient (Wildman–Crippen LogP) is 2.82. The van der Waals surface area contributed by atoms with Gasteiger partial charge in [-0.1, -0.05) is 6.92 Å². The van der Waals surface area contributed by atoms with Crippen LogP contribution in [0, 0.1) is 0 Å². The Kier molecular flexibility index (Phi) is 6.38. The van der Waals surface area contributed by atoms with Crippen molar-refractivity contribution in [3.05, 3.63) is 30.4 Å². The Morgan fingerprint density at radius 2 is 2.15 bits per heavy atom. The van der Waals surface area contributed by atoms with Crippen molar-refractivity contribution in [2.24, 2.45) is 0 Å². The lowest BCUT2D eigenvalue weighted by molar-refractivity contribution is -0.121. The van der Waals surface area contributed by atoms with Crippen LogP contribution in [-0.2, 0) is 11.3 Å². The summed E-state index contributed by atoms with van der Waals surface area (Å²) in [7, 11) is 0. The maximum atomic E-state index is 12.2. The standard InChI is InChI=1S/C18H24N4O3S/c1-3-7-22-12-19-21-18(22)13(2)20-17(23)6-10-26-14-4-5-15-16(11-14)25-9-8-24-15/h4-5,11-13H,3,6-10H2,1-2H3,(H,20,23). The Morgan fingerprint density at radius 1 is 1.35 bits per heavy atom. The van der Waals surface area contributed by atoms with Gasteiger partial charge in [-0.2, -0.15) is 0 Å². The number of benzene rings is 1. The van der Waals surface area contributed by atoms with Gasteiger partial charge in [0.1, 0.15) is 19.5 Å². The third-order valence-corrected chi connectivity index (χ3v) is 4.98. The van der Waals surface area contributed by atoms with Gasteiger partial charge >= 0.3 is 0 Å². The minimum Gasteiger partial charge on any atom is -0.486 e. The van der Waals surface area contributed by atoms with Crippen molar-refractivity contribution in [3.8, 4) is 11.5 Å². The van der Waals surface area contributed by atoms with Crippen LogP contribution in [0.2, 0.25) is 0 Å². The van der Waals surface area contributed by atoms with Crippen LogP contribution in [0.5, 0.6) is 11.5 Å². The maximum absolute atomic E-state index is 12.2. The molecule has 1 aromatic heterocycles. The molecule has 1 amide bonds. The Morgan fingerprint density at radius 3 is 2.96 bits per heavy atom. The molecule has 1 N–H and O–H groups in total. The molecular weight excluding hydrogens is 352 g/mol. The fourth-order valence-electron chi connectivity index (χ4n) is 2.77. The van der Waals surface area contributed by atoms with Crippen molar-refractivity contribution in [1.82, 2.24) is 20.1 Å². The quantitative estimate of drug-likeness (QED) is 0.714. The second-order valence-corrected chi connectivity index (χ2v) is 7.24. The van der Waals surface area contributed by atoms with Crippen LogP contribution in [0.4, 0.5) is 0 Å². The van der Waals surface area contributed by atoms with Crippen LogP contribution >= 0.6 is 11.8 Å². The molecule has 0 radical (unpaired) electrons. The molecule has 1 aliphatic heterocycles. The van der Waals surface area contributed by atoms with Crippen molar-refractivity contribution < 1.29 is 14.3 Å². The zero-order valence-electron chi connectivity index (χ0n) is 15.1. The van der Waals surface area contributed by atoms with Crippen LogP contribution in [-0.4, -0.2) is 39.6 Å². The summed E-state index contributed by atoms with van der Waals surface area (Å²) in [5.41, 5.74) is 0. The molecule has 0 saturated carbocycles. The van der Waals surface area contributed by atoms with Gasteiger partial charge < -0.3 is 19.4 Å². The van der Waals surface area contributed by atoms with Gasteiger partial charge in [-0.3, -0.25) is 4.79 Å². The average Bonchev–Trinajstić information content (AvgIpc) is 3.10. The summed E-state index contributed by atoms with van der Waals surface area (Å²) in [5, 5.41) is 11.1. The van der Waals surface area contributed by atoms with E-state index >= 15 is 0 Å². The summed E-state index contributed by atoms with van der Waals surface area (Å²) in [4.78, 5) is 13.3. The van der Waals surface area contributed by atoms with Crippen LogP contribution in [0.1, 0.15) is 38.6 Å². The number of rotatable bonds is 8. The number of hydrogen-bond donors (Lipinski definition) is 1. The number of fused-ring (bicyclic) bond motifs is 1. The highest BCUT2D eigenvalue weighted by Gasteiger charge is 2.16. The molecule has 0 bridgehead atoms. The lowest BCUT2D eigenvalue weighted by Gasteiger charge is -2.18. The number of aromatic nitrogens is 3. The Balaban J connectivity index is 1.46. The van der Waals surface area contributed by atoms with Gasteiger partial charge in [-0.25, -0.2) is 0 Å². The second-order valence-electron chi connectivity index (χ2n) is 6.08. The molecule has 8 heteroatoms. The third-order valence-electron chi connectivity index (χ3n) is 3.99. The summed E-state index contributed by atoms with van der Waals surface area (Å²) < 4.78 is 13.1. The van der Waals surface area contributed by atoms with Gasteiger partial charge in [0.05, 0.1) is 6.04 Å². The molecule has 140 valence electrons. The third kappa shape index (κ3) is 4.69. The van der Waals surface area contributed by atoms with E-state index < -0.39 is 0 Å². The Bertz CT molecular complexity index is 750. The van der Waals surface area contributed by atoms with E-state index in [2.05, 4.69) is 22.4 Å². The van der Waals surface area contributed by atoms with E-state index in [0.717, 1.165) is 35.2 Å². The molecule has 2 heterocycles. The number of aryl methyl sites for hydroxylation is 1. The van der Waals surface area contributed by atoms with E-state index in [4.69, 9.17) is 9.47 Å². The molecule has 26 heavy (non-hydrogen) atoms. The number of ether oxygens (including phenoxy) is 2. The first kappa shape index (κ1) is 18.6. The van der Waals surface area contributed by atoms with Gasteiger partial charge in [0.15, 0.2) is 17.3 Å². The number of carbonyl (C=O) groups is 1. The zero-order valence-corrected chi connectivity index (χ0v) is 15.9. The molecule has 3 rings (SSSR count). The largest absolute Gasteiger partial charge is 0.486 e. The predicted molar refractivity (Wildman–Crippen MR) is 99.6 cm³/mol. The van der Waals surface area contributed by atoms with Crippen molar-refractivity contribution in [2.45, 2.75) is 44.2 Å². The molecule has 2 aromatic rings. The Labute approximate surface area is 157 Å². The van der Waals surface area contributed by atoms with Crippen molar-refractivity contribution in [1.29, 1.82) is 0 Å². The number of nitrogens with one attached hydrogen (secondary N) is 1. The molecule has 0 saturated heterocycles. The first-order valence-corrected chi connectivity index (χ1v) is 9.85. The number of thioether (sulfide) groups is 1. The van der Waals surface area contributed by atoms with Crippen molar-refractivity contribution in [3.63, 3.8) is 0 Å². The maximum Gasteiger partial charge on any atom is 0.221 e. The van der Waals surface area contributed by atoms with Gasteiger partial charge in [0.25, 0.3) is 0 Å². The fourth-order valence-corrected chi connectivity index (χ4v) is 3.64. The van der Waals surface area contributed by atoms with Crippen LogP contribution in [0.3, 0.4) is 0 Å². The zero-order chi connectivity index (χ0) is 18.4. The number of hydrogen-bond acceptors (Lipinski definition) is 6. The molecule has 0 fully saturated rings. The lowest BCUT2D eigenvalue weighted by atomic mass is 10.3. The summed E-state index contributed by atoms with van der Waals surface area (Å²) in [6, 6.07) is 5.72. The highest BCUT2D eigenvalue weighted by Crippen LogP contribution is 2.34. The fraction of sp³-hybridized carbons (Fsp3) is 0.500. The van der Waals surface area contributed by atoms with Gasteiger partial charge in [0, 0.05) is 23.6 Å². The van der Waals surface area contributed by atoms with Crippen molar-refractivity contribution >= 4 is 17.7 Å². The average molecular weight is 376 g/mol. The minimum atomic E-state index is -0.157. The summed E-state index contributed by atoms with van der Waals surface area (Å²) in [6.07, 6.45) is 3.14. The SMILES string of the molecule is CCCn1cnnc1C(C)NC(=O)CCSc1ccc2c(c1)OCCO2. The first-order chi connectivity index (χ1) is 12.7. The molecule has 1 aliphatic rings. The number of nitrogens with zero attached hydrogens (tertiary/aromatic N) is 3. The monoisotopic (exact) mass is 376 g/mol. The molecule has 7 nitrogen and oxygen atoms in total. The molecule has 1 unspecified atom stereocenters. The molecule has 0 aliphatic carbocycles. The van der Waals surface area contributed by atoms with E-state index in [-0.39, 0.29) is 11.9 Å². The number of carbonyl (C=O) groups excluding carboxylic acids is 1. The molecular formula is C18H24N4O3S. The van der Waals surface area contributed by atoms with E-state index in [0.29, 0.717) is 25.4 Å². The normalized spacial score (nSPS) is 14.1. The van der Waals surface area contributed by atoms with E-state index in [1.165, 1.54) is 0 Å². The van der Waals surface area contributed by atoms with Crippen LogP contribution in [0.25, 0.3) is 0 Å². The minimum absolute atomic E-state index is 0.00796. The van der Waals surface area contributed by atoms with Crippen LogP contribution < -0.4 is 14.8 Å². The van der Waals surface area contributed by atoms with Crippen LogP contribution in [0.15, 0.2) is 29.4 Å². The van der Waals surface area contributed by atoms with Gasteiger partial charge in [0.2, 0.25) is 5.91 Å². The molecule has 1 aromatic carbocycles. The summed E-state index contributed by atoms with van der Waals surface area (Å²) >= 11 is 1.63. The highest BCUT2D eigenvalue weighted by molar-refractivity contribution is 7.99. The summed E-state index contributed by atoms with van der Waals surface area (Å²) in [6.45, 7) is 6.04. The first-order valence-electron chi connectivity index (χ1n) is 8.87. The molecule has 1 atom stereocenters. The van der Waals surface area contributed by atoms with Gasteiger partial charge in [-0.15, -0.1) is 22.0 Å². The van der Waals surface area contributed by atoms with E-state index in [9.17, 15) is 4.79 Å². The molecule has 0 spiro atoms. The topological polar surface area (TPSA) is 78.3 Å². The smallest absolute Gasteiger partial charge is 0.221 e. The van der Waals surface area contributed by atoms with E-state index in [1.54, 1.807) is 18.1 Å². The van der Waals surface area contributed by atoms with E-state index in [1.807, 2.05) is 29.7 Å². The van der Waals surface area contributed by atoms with Gasteiger partial charge in [-0.05, 0) is 31.5 Å². The highest BCUT2D eigenvalue weighted by atomic mass is 32.2. The lowest BCUT2D eigenvalue weighted by Crippen LogP contribution is -2.29. The number of amides is 1. The summed E-state index contributed by atoms with van der Waals surface area (Å²) in [5.74, 6) is 3.05.